The standard InChI is InChI=1S/C23H25N3O.C2H2O4/c1-2-6-22(7-3-1)27-23-8-4-5-21(17-23)19-26-15-13-25(14-16-26)18-20-9-11-24-12-10-20;3-1(4)2(5)6/h1-12,17H,13-16,18-19H2;(H,3,4)(H,5,6). The minimum atomic E-state index is -1.82. The van der Waals surface area contributed by atoms with E-state index in [0.29, 0.717) is 0 Å². The highest BCUT2D eigenvalue weighted by atomic mass is 16.5. The van der Waals surface area contributed by atoms with Crippen molar-refractivity contribution in [3.8, 4) is 11.5 Å². The highest BCUT2D eigenvalue weighted by Crippen LogP contribution is 2.22. The fraction of sp³-hybridized carbons (Fsp3) is 0.240. The Morgan fingerprint density at radius 2 is 1.27 bits per heavy atom. The quantitative estimate of drug-likeness (QED) is 0.553. The van der Waals surface area contributed by atoms with Gasteiger partial charge in [-0.2, -0.15) is 0 Å². The van der Waals surface area contributed by atoms with Crippen LogP contribution in [-0.2, 0) is 22.7 Å². The second kappa shape index (κ2) is 12.3. The zero-order chi connectivity index (χ0) is 23.5. The van der Waals surface area contributed by atoms with E-state index in [9.17, 15) is 0 Å². The maximum Gasteiger partial charge on any atom is 0.414 e. The number of carboxylic acids is 2. The molecule has 2 aromatic carbocycles. The molecule has 3 aromatic rings. The molecule has 0 spiro atoms. The van der Waals surface area contributed by atoms with E-state index in [2.05, 4.69) is 45.1 Å². The number of carboxylic acid groups (broad SMARTS) is 2. The highest BCUT2D eigenvalue weighted by Gasteiger charge is 2.17. The summed E-state index contributed by atoms with van der Waals surface area (Å²) in [4.78, 5) is 27.3. The van der Waals surface area contributed by atoms with Gasteiger partial charge in [0.2, 0.25) is 0 Å². The van der Waals surface area contributed by atoms with Gasteiger partial charge in [-0.3, -0.25) is 14.8 Å². The van der Waals surface area contributed by atoms with Gasteiger partial charge in [0, 0.05) is 51.7 Å². The third-order valence-corrected chi connectivity index (χ3v) is 5.09. The molecule has 8 heteroatoms. The summed E-state index contributed by atoms with van der Waals surface area (Å²) >= 11 is 0. The van der Waals surface area contributed by atoms with Gasteiger partial charge in [0.25, 0.3) is 0 Å². The zero-order valence-corrected chi connectivity index (χ0v) is 18.2. The maximum atomic E-state index is 9.10. The molecule has 0 aliphatic carbocycles. The number of para-hydroxylation sites is 1. The summed E-state index contributed by atoms with van der Waals surface area (Å²) in [6.45, 7) is 6.36. The molecular formula is C25H27N3O5. The molecule has 8 nitrogen and oxygen atoms in total. The Balaban J connectivity index is 0.000000454. The van der Waals surface area contributed by atoms with Gasteiger partial charge in [-0.1, -0.05) is 30.3 Å². The number of hydrogen-bond acceptors (Lipinski definition) is 6. The largest absolute Gasteiger partial charge is 0.473 e. The van der Waals surface area contributed by atoms with Crippen LogP contribution in [0, 0.1) is 0 Å². The van der Waals surface area contributed by atoms with Crippen LogP contribution in [0.1, 0.15) is 11.1 Å². The topological polar surface area (TPSA) is 103 Å². The van der Waals surface area contributed by atoms with Crippen molar-refractivity contribution in [3.63, 3.8) is 0 Å². The number of nitrogens with zero attached hydrogens (tertiary/aromatic N) is 3. The number of pyridine rings is 1. The Bertz CT molecular complexity index is 1010. The first-order valence-electron chi connectivity index (χ1n) is 10.6. The van der Waals surface area contributed by atoms with Gasteiger partial charge in [0.05, 0.1) is 0 Å². The van der Waals surface area contributed by atoms with Gasteiger partial charge in [-0.05, 0) is 47.5 Å². The van der Waals surface area contributed by atoms with Gasteiger partial charge in [0.15, 0.2) is 0 Å². The summed E-state index contributed by atoms with van der Waals surface area (Å²) in [6, 6.07) is 22.6. The first-order chi connectivity index (χ1) is 16.0. The first-order valence-corrected chi connectivity index (χ1v) is 10.6. The molecular weight excluding hydrogens is 422 g/mol. The molecule has 172 valence electrons. The molecule has 1 aromatic heterocycles. The third kappa shape index (κ3) is 8.36. The monoisotopic (exact) mass is 449 g/mol. The second-order valence-electron chi connectivity index (χ2n) is 7.58. The van der Waals surface area contributed by atoms with Crippen LogP contribution in [0.5, 0.6) is 11.5 Å². The summed E-state index contributed by atoms with van der Waals surface area (Å²) in [6.07, 6.45) is 3.74. The molecule has 0 saturated carbocycles. The minimum absolute atomic E-state index is 0.874. The van der Waals surface area contributed by atoms with E-state index in [0.717, 1.165) is 50.8 Å². The zero-order valence-electron chi connectivity index (χ0n) is 18.2. The molecule has 0 bridgehead atoms. The summed E-state index contributed by atoms with van der Waals surface area (Å²) in [5.41, 5.74) is 2.63. The third-order valence-electron chi connectivity index (χ3n) is 5.09. The minimum Gasteiger partial charge on any atom is -0.473 e. The molecule has 0 amide bonds. The van der Waals surface area contributed by atoms with Crippen molar-refractivity contribution in [2.45, 2.75) is 13.1 Å². The maximum absolute atomic E-state index is 9.10. The SMILES string of the molecule is O=C(O)C(=O)O.c1ccc(Oc2cccc(CN3CCN(Cc4ccncc4)CC3)c2)cc1. The van der Waals surface area contributed by atoms with E-state index in [1.165, 1.54) is 11.1 Å². The summed E-state index contributed by atoms with van der Waals surface area (Å²) in [7, 11) is 0. The molecule has 2 heterocycles. The van der Waals surface area contributed by atoms with E-state index in [1.54, 1.807) is 0 Å². The van der Waals surface area contributed by atoms with Crippen molar-refractivity contribution in [1.29, 1.82) is 0 Å². The van der Waals surface area contributed by atoms with Crippen LogP contribution in [0.15, 0.2) is 79.1 Å². The summed E-state index contributed by atoms with van der Waals surface area (Å²) in [5, 5.41) is 14.8. The molecule has 1 aliphatic rings. The molecule has 0 unspecified atom stereocenters. The number of piperazine rings is 1. The number of benzene rings is 2. The molecule has 1 aliphatic heterocycles. The molecule has 33 heavy (non-hydrogen) atoms. The lowest BCUT2D eigenvalue weighted by atomic mass is 10.1. The van der Waals surface area contributed by atoms with Crippen LogP contribution < -0.4 is 4.74 Å². The van der Waals surface area contributed by atoms with Gasteiger partial charge < -0.3 is 14.9 Å². The van der Waals surface area contributed by atoms with Crippen molar-refractivity contribution in [2.24, 2.45) is 0 Å². The lowest BCUT2D eigenvalue weighted by molar-refractivity contribution is -0.159. The normalized spacial score (nSPS) is 14.1. The van der Waals surface area contributed by atoms with Crippen molar-refractivity contribution >= 4 is 11.9 Å². The van der Waals surface area contributed by atoms with E-state index in [4.69, 9.17) is 24.5 Å². The van der Waals surface area contributed by atoms with Crippen molar-refractivity contribution in [1.82, 2.24) is 14.8 Å². The van der Waals surface area contributed by atoms with E-state index in [-0.39, 0.29) is 0 Å². The van der Waals surface area contributed by atoms with E-state index < -0.39 is 11.9 Å². The summed E-state index contributed by atoms with van der Waals surface area (Å²) in [5.74, 6) is -1.88. The smallest absolute Gasteiger partial charge is 0.414 e. The molecule has 0 atom stereocenters. The number of hydrogen-bond donors (Lipinski definition) is 2. The van der Waals surface area contributed by atoms with Crippen LogP contribution in [-0.4, -0.2) is 63.1 Å². The fourth-order valence-corrected chi connectivity index (χ4v) is 3.44. The number of rotatable bonds is 6. The van der Waals surface area contributed by atoms with Crippen LogP contribution >= 0.6 is 0 Å². The highest BCUT2D eigenvalue weighted by molar-refractivity contribution is 6.27. The van der Waals surface area contributed by atoms with Crippen molar-refractivity contribution < 1.29 is 24.5 Å². The van der Waals surface area contributed by atoms with Gasteiger partial charge >= 0.3 is 11.9 Å². The molecule has 0 radical (unpaired) electrons. The fourth-order valence-electron chi connectivity index (χ4n) is 3.44. The van der Waals surface area contributed by atoms with Crippen molar-refractivity contribution in [2.75, 3.05) is 26.2 Å². The average molecular weight is 450 g/mol. The summed E-state index contributed by atoms with van der Waals surface area (Å²) < 4.78 is 5.96. The van der Waals surface area contributed by atoms with Crippen molar-refractivity contribution in [3.05, 3.63) is 90.3 Å². The Kier molecular flexibility index (Phi) is 8.93. The Labute approximate surface area is 192 Å². The Hall–Kier alpha value is -3.75. The predicted molar refractivity (Wildman–Crippen MR) is 123 cm³/mol. The average Bonchev–Trinajstić information content (AvgIpc) is 2.82. The van der Waals surface area contributed by atoms with Gasteiger partial charge in [-0.25, -0.2) is 9.59 Å². The van der Waals surface area contributed by atoms with Crippen LogP contribution in [0.4, 0.5) is 0 Å². The number of ether oxygens (including phenoxy) is 1. The predicted octanol–water partition coefficient (Wildman–Crippen LogP) is 3.35. The number of carbonyl (C=O) groups is 2. The molecule has 1 saturated heterocycles. The van der Waals surface area contributed by atoms with E-state index >= 15 is 0 Å². The Morgan fingerprint density at radius 3 is 1.85 bits per heavy atom. The van der Waals surface area contributed by atoms with Gasteiger partial charge in [0.1, 0.15) is 11.5 Å². The number of aromatic nitrogens is 1. The van der Waals surface area contributed by atoms with Crippen LogP contribution in [0.2, 0.25) is 0 Å². The van der Waals surface area contributed by atoms with Crippen LogP contribution in [0.3, 0.4) is 0 Å². The molecule has 1 fully saturated rings. The lowest BCUT2D eigenvalue weighted by Crippen LogP contribution is -2.45. The first kappa shape index (κ1) is 23.9. The molecule has 4 rings (SSSR count). The van der Waals surface area contributed by atoms with Crippen LogP contribution in [0.25, 0.3) is 0 Å². The lowest BCUT2D eigenvalue weighted by Gasteiger charge is -2.34. The second-order valence-corrected chi connectivity index (χ2v) is 7.58. The van der Waals surface area contributed by atoms with E-state index in [1.807, 2.05) is 48.8 Å². The number of aliphatic carboxylic acids is 2. The Morgan fingerprint density at radius 1 is 0.727 bits per heavy atom. The molecule has 2 N–H and O–H groups in total. The van der Waals surface area contributed by atoms with Gasteiger partial charge in [-0.15, -0.1) is 0 Å².